The van der Waals surface area contributed by atoms with Crippen molar-refractivity contribution in [1.82, 2.24) is 15.3 Å². The Morgan fingerprint density at radius 2 is 1.60 bits per heavy atom. The minimum Gasteiger partial charge on any atom is -0.313 e. The van der Waals surface area contributed by atoms with Crippen LogP contribution in [0.3, 0.4) is 0 Å². The van der Waals surface area contributed by atoms with Crippen molar-refractivity contribution in [2.24, 2.45) is 5.92 Å². The maximum atomic E-state index is 4.53. The van der Waals surface area contributed by atoms with Gasteiger partial charge in [-0.3, -0.25) is 0 Å². The first-order valence-corrected chi connectivity index (χ1v) is 8.56. The summed E-state index contributed by atoms with van der Waals surface area (Å²) in [5, 5.41) is 4.48. The van der Waals surface area contributed by atoms with Crippen molar-refractivity contribution < 1.29 is 0 Å². The molecule has 20 heavy (non-hydrogen) atoms. The quantitative estimate of drug-likeness (QED) is 0.448. The van der Waals surface area contributed by atoms with Crippen LogP contribution < -0.4 is 5.32 Å². The van der Waals surface area contributed by atoms with E-state index in [1.165, 1.54) is 18.4 Å². The minimum atomic E-state index is 0.598. The smallest absolute Gasteiger partial charge is 0.188 e. The topological polar surface area (TPSA) is 37.8 Å². The number of rotatable bonds is 8. The zero-order valence-electron chi connectivity index (χ0n) is 13.8. The number of hydrogen-bond acceptors (Lipinski definition) is 4. The summed E-state index contributed by atoms with van der Waals surface area (Å²) >= 11 is 1.74. The number of nitrogens with one attached hydrogen (secondary N) is 1. The summed E-state index contributed by atoms with van der Waals surface area (Å²) in [6.07, 6.45) is 2.54. The van der Waals surface area contributed by atoms with Crippen molar-refractivity contribution in [3.63, 3.8) is 0 Å². The summed E-state index contributed by atoms with van der Waals surface area (Å²) in [5.41, 5.74) is 3.39. The fourth-order valence-electron chi connectivity index (χ4n) is 1.94. The Kier molecular flexibility index (Phi) is 7.52. The Labute approximate surface area is 128 Å². The third-order valence-electron chi connectivity index (χ3n) is 3.62. The van der Waals surface area contributed by atoms with Crippen LogP contribution in [0.5, 0.6) is 0 Å². The van der Waals surface area contributed by atoms with Crippen molar-refractivity contribution in [2.45, 2.75) is 65.6 Å². The summed E-state index contributed by atoms with van der Waals surface area (Å²) in [5.74, 6) is 1.81. The van der Waals surface area contributed by atoms with E-state index in [4.69, 9.17) is 0 Å². The first-order chi connectivity index (χ1) is 9.40. The average Bonchev–Trinajstić information content (AvgIpc) is 2.38. The molecule has 1 rings (SSSR count). The van der Waals surface area contributed by atoms with Crippen molar-refractivity contribution in [1.29, 1.82) is 0 Å². The van der Waals surface area contributed by atoms with E-state index in [-0.39, 0.29) is 0 Å². The molecule has 0 saturated heterocycles. The zero-order chi connectivity index (χ0) is 15.1. The molecule has 1 heterocycles. The van der Waals surface area contributed by atoms with E-state index in [9.17, 15) is 0 Å². The number of aromatic nitrogens is 2. The highest BCUT2D eigenvalue weighted by Crippen LogP contribution is 2.16. The lowest BCUT2D eigenvalue weighted by Gasteiger charge is -2.14. The molecule has 0 aliphatic heterocycles. The Hall–Kier alpha value is -0.610. The van der Waals surface area contributed by atoms with Gasteiger partial charge in [0.1, 0.15) is 0 Å². The number of hydrogen-bond donors (Lipinski definition) is 1. The van der Waals surface area contributed by atoms with Crippen molar-refractivity contribution in [2.75, 3.05) is 12.3 Å². The van der Waals surface area contributed by atoms with Gasteiger partial charge in [-0.25, -0.2) is 9.97 Å². The Bertz CT molecular complexity index is 395. The van der Waals surface area contributed by atoms with Crippen LogP contribution in [-0.4, -0.2) is 28.3 Å². The van der Waals surface area contributed by atoms with Gasteiger partial charge < -0.3 is 5.32 Å². The molecule has 1 atom stereocenters. The number of aryl methyl sites for hydroxylation is 2. The van der Waals surface area contributed by atoms with Crippen LogP contribution in [0, 0.1) is 26.7 Å². The molecule has 114 valence electrons. The van der Waals surface area contributed by atoms with E-state index in [1.807, 2.05) is 0 Å². The molecule has 0 aliphatic carbocycles. The van der Waals surface area contributed by atoms with E-state index in [2.05, 4.69) is 56.8 Å². The van der Waals surface area contributed by atoms with Crippen LogP contribution in [-0.2, 0) is 0 Å². The van der Waals surface area contributed by atoms with E-state index in [0.717, 1.165) is 34.8 Å². The van der Waals surface area contributed by atoms with Crippen molar-refractivity contribution in [3.8, 4) is 0 Å². The second-order valence-corrected chi connectivity index (χ2v) is 7.04. The predicted molar refractivity (Wildman–Crippen MR) is 88.5 cm³/mol. The molecular weight excluding hydrogens is 266 g/mol. The third kappa shape index (κ3) is 6.23. The lowest BCUT2D eigenvalue weighted by molar-refractivity contribution is 0.460. The zero-order valence-corrected chi connectivity index (χ0v) is 14.6. The van der Waals surface area contributed by atoms with Crippen LogP contribution in [0.4, 0.5) is 0 Å². The van der Waals surface area contributed by atoms with Gasteiger partial charge in [-0.1, -0.05) is 25.6 Å². The Balaban J connectivity index is 2.27. The Morgan fingerprint density at radius 3 is 2.15 bits per heavy atom. The molecule has 0 radical (unpaired) electrons. The largest absolute Gasteiger partial charge is 0.313 e. The van der Waals surface area contributed by atoms with Gasteiger partial charge in [0.2, 0.25) is 0 Å². The summed E-state index contributed by atoms with van der Waals surface area (Å²) in [7, 11) is 0. The van der Waals surface area contributed by atoms with Gasteiger partial charge in [0.25, 0.3) is 0 Å². The summed E-state index contributed by atoms with van der Waals surface area (Å²) in [6.45, 7) is 14.0. The van der Waals surface area contributed by atoms with Crippen LogP contribution in [0.25, 0.3) is 0 Å². The highest BCUT2D eigenvalue weighted by Gasteiger charge is 2.06. The van der Waals surface area contributed by atoms with E-state index >= 15 is 0 Å². The molecule has 0 saturated carbocycles. The molecule has 0 spiro atoms. The van der Waals surface area contributed by atoms with Gasteiger partial charge >= 0.3 is 0 Å². The average molecular weight is 295 g/mol. The van der Waals surface area contributed by atoms with E-state index in [0.29, 0.717) is 6.04 Å². The standard InChI is InChI=1S/C16H29N3S/c1-11(2)7-8-12(3)17-9-10-20-16-18-14(5)13(4)15(6)19-16/h11-12,17H,7-10H2,1-6H3. The summed E-state index contributed by atoms with van der Waals surface area (Å²) < 4.78 is 0. The lowest BCUT2D eigenvalue weighted by atomic mass is 10.0. The SMILES string of the molecule is Cc1nc(SCCNC(C)CCC(C)C)nc(C)c1C. The summed E-state index contributed by atoms with van der Waals surface area (Å²) in [6, 6.07) is 0.598. The third-order valence-corrected chi connectivity index (χ3v) is 4.46. The molecule has 1 aromatic heterocycles. The minimum absolute atomic E-state index is 0.598. The number of nitrogens with zero attached hydrogens (tertiary/aromatic N) is 2. The molecule has 4 heteroatoms. The number of thioether (sulfide) groups is 1. The molecular formula is C16H29N3S. The van der Waals surface area contributed by atoms with Gasteiger partial charge in [-0.05, 0) is 52.0 Å². The Morgan fingerprint density at radius 1 is 1.00 bits per heavy atom. The van der Waals surface area contributed by atoms with E-state index in [1.54, 1.807) is 11.8 Å². The second-order valence-electron chi connectivity index (χ2n) is 5.98. The molecule has 0 amide bonds. The lowest BCUT2D eigenvalue weighted by Crippen LogP contribution is -2.28. The van der Waals surface area contributed by atoms with Crippen LogP contribution in [0.2, 0.25) is 0 Å². The molecule has 0 fully saturated rings. The first-order valence-electron chi connectivity index (χ1n) is 7.58. The predicted octanol–water partition coefficient (Wildman–Crippen LogP) is 3.91. The molecule has 0 aromatic carbocycles. The fourth-order valence-corrected chi connectivity index (χ4v) is 2.74. The first kappa shape index (κ1) is 17.4. The van der Waals surface area contributed by atoms with Crippen molar-refractivity contribution >= 4 is 11.8 Å². The normalized spacial score (nSPS) is 12.9. The van der Waals surface area contributed by atoms with E-state index < -0.39 is 0 Å². The highest BCUT2D eigenvalue weighted by atomic mass is 32.2. The molecule has 0 aliphatic rings. The van der Waals surface area contributed by atoms with Crippen LogP contribution in [0.1, 0.15) is 50.6 Å². The van der Waals surface area contributed by atoms with Gasteiger partial charge in [0, 0.05) is 29.7 Å². The molecule has 1 unspecified atom stereocenters. The monoisotopic (exact) mass is 295 g/mol. The molecule has 3 nitrogen and oxygen atoms in total. The van der Waals surface area contributed by atoms with Crippen LogP contribution >= 0.6 is 11.8 Å². The second kappa shape index (κ2) is 8.63. The van der Waals surface area contributed by atoms with Crippen LogP contribution in [0.15, 0.2) is 5.16 Å². The maximum Gasteiger partial charge on any atom is 0.188 e. The summed E-state index contributed by atoms with van der Waals surface area (Å²) in [4.78, 5) is 9.07. The van der Waals surface area contributed by atoms with Gasteiger partial charge in [-0.15, -0.1) is 0 Å². The van der Waals surface area contributed by atoms with Gasteiger partial charge in [0.05, 0.1) is 0 Å². The molecule has 1 aromatic rings. The highest BCUT2D eigenvalue weighted by molar-refractivity contribution is 7.99. The van der Waals surface area contributed by atoms with Gasteiger partial charge in [0.15, 0.2) is 5.16 Å². The molecule has 0 bridgehead atoms. The van der Waals surface area contributed by atoms with Crippen molar-refractivity contribution in [3.05, 3.63) is 17.0 Å². The fraction of sp³-hybridized carbons (Fsp3) is 0.750. The molecule has 1 N–H and O–H groups in total. The van der Waals surface area contributed by atoms with Gasteiger partial charge in [-0.2, -0.15) is 0 Å². The maximum absolute atomic E-state index is 4.53.